The van der Waals surface area contributed by atoms with Gasteiger partial charge in [-0.2, -0.15) is 10.2 Å². The van der Waals surface area contributed by atoms with E-state index in [0.717, 1.165) is 0 Å². The number of sulfonamides is 1. The number of hydrogen-bond donors (Lipinski definition) is 3. The summed E-state index contributed by atoms with van der Waals surface area (Å²) in [4.78, 5) is 10.4. The SMILES string of the molecule is O=C(O)CCn1cc(S(=O)(=O)NCc2cn[nH]c2)cn1. The zero-order chi connectivity index (χ0) is 14.6. The standard InChI is InChI=1S/C10H13N5O4S/c16-10(17)1-2-15-7-9(6-13-15)20(18,19)14-5-8-3-11-12-4-8/h3-4,6-7,14H,1-2,5H2,(H,11,12)(H,16,17). The van der Waals surface area contributed by atoms with E-state index in [4.69, 9.17) is 5.11 Å². The van der Waals surface area contributed by atoms with Gasteiger partial charge in [-0.1, -0.05) is 0 Å². The van der Waals surface area contributed by atoms with Gasteiger partial charge < -0.3 is 5.11 Å². The summed E-state index contributed by atoms with van der Waals surface area (Å²) in [6.45, 7) is 0.228. The van der Waals surface area contributed by atoms with Crippen molar-refractivity contribution in [3.63, 3.8) is 0 Å². The fourth-order valence-electron chi connectivity index (χ4n) is 1.45. The molecule has 2 heterocycles. The fraction of sp³-hybridized carbons (Fsp3) is 0.300. The third kappa shape index (κ3) is 3.65. The molecule has 0 aromatic carbocycles. The number of nitrogens with zero attached hydrogens (tertiary/aromatic N) is 3. The normalized spacial score (nSPS) is 11.6. The quantitative estimate of drug-likeness (QED) is 0.635. The summed E-state index contributed by atoms with van der Waals surface area (Å²) in [6, 6.07) is 0. The number of aromatic amines is 1. The molecule has 0 aliphatic rings. The van der Waals surface area contributed by atoms with E-state index >= 15 is 0 Å². The molecule has 9 nitrogen and oxygen atoms in total. The van der Waals surface area contributed by atoms with Crippen molar-refractivity contribution >= 4 is 16.0 Å². The highest BCUT2D eigenvalue weighted by Gasteiger charge is 2.16. The Morgan fingerprint density at radius 1 is 1.45 bits per heavy atom. The fourth-order valence-corrected chi connectivity index (χ4v) is 2.42. The molecule has 0 atom stereocenters. The smallest absolute Gasteiger partial charge is 0.305 e. The molecule has 0 saturated heterocycles. The second kappa shape index (κ2) is 5.84. The van der Waals surface area contributed by atoms with Gasteiger partial charge in [0.25, 0.3) is 0 Å². The van der Waals surface area contributed by atoms with E-state index < -0.39 is 16.0 Å². The Bertz CT molecular complexity index is 676. The van der Waals surface area contributed by atoms with E-state index in [1.165, 1.54) is 23.3 Å². The van der Waals surface area contributed by atoms with Gasteiger partial charge in [0, 0.05) is 24.5 Å². The van der Waals surface area contributed by atoms with Crippen molar-refractivity contribution in [1.82, 2.24) is 24.7 Å². The number of aryl methyl sites for hydroxylation is 1. The maximum atomic E-state index is 12.0. The van der Waals surface area contributed by atoms with Crippen molar-refractivity contribution in [1.29, 1.82) is 0 Å². The first kappa shape index (κ1) is 14.2. The second-order valence-corrected chi connectivity index (χ2v) is 5.78. The molecule has 10 heteroatoms. The number of carboxylic acids is 1. The summed E-state index contributed by atoms with van der Waals surface area (Å²) in [5.41, 5.74) is 0.701. The van der Waals surface area contributed by atoms with E-state index in [0.29, 0.717) is 5.56 Å². The predicted molar refractivity (Wildman–Crippen MR) is 67.1 cm³/mol. The summed E-state index contributed by atoms with van der Waals surface area (Å²) in [7, 11) is -3.68. The van der Waals surface area contributed by atoms with Crippen molar-refractivity contribution in [2.24, 2.45) is 0 Å². The highest BCUT2D eigenvalue weighted by atomic mass is 32.2. The van der Waals surface area contributed by atoms with Crippen LogP contribution in [-0.4, -0.2) is 39.5 Å². The van der Waals surface area contributed by atoms with Crippen molar-refractivity contribution in [2.45, 2.75) is 24.4 Å². The summed E-state index contributed by atoms with van der Waals surface area (Å²) >= 11 is 0. The van der Waals surface area contributed by atoms with Crippen molar-refractivity contribution in [3.8, 4) is 0 Å². The number of nitrogens with one attached hydrogen (secondary N) is 2. The lowest BCUT2D eigenvalue weighted by Crippen LogP contribution is -2.22. The molecule has 3 N–H and O–H groups in total. The summed E-state index contributed by atoms with van der Waals surface area (Å²) < 4.78 is 27.6. The molecule has 0 bridgehead atoms. The molecule has 0 unspecified atom stereocenters. The van der Waals surface area contributed by atoms with Gasteiger partial charge in [0.05, 0.1) is 25.4 Å². The number of carbonyl (C=O) groups is 1. The average molecular weight is 299 g/mol. The zero-order valence-electron chi connectivity index (χ0n) is 10.4. The van der Waals surface area contributed by atoms with Gasteiger partial charge >= 0.3 is 5.97 Å². The number of aliphatic carboxylic acids is 1. The molecule has 2 aromatic heterocycles. The zero-order valence-corrected chi connectivity index (χ0v) is 11.2. The molecule has 2 aromatic rings. The van der Waals surface area contributed by atoms with Crippen LogP contribution in [0.15, 0.2) is 29.7 Å². The van der Waals surface area contributed by atoms with Crippen LogP contribution in [0.25, 0.3) is 0 Å². The minimum absolute atomic E-state index is 0.00798. The Kier molecular flexibility index (Phi) is 4.15. The lowest BCUT2D eigenvalue weighted by atomic mass is 10.4. The predicted octanol–water partition coefficient (Wildman–Crippen LogP) is -0.441. The van der Waals surface area contributed by atoms with Crippen LogP contribution in [0.2, 0.25) is 0 Å². The summed E-state index contributed by atoms with van der Waals surface area (Å²) in [5.74, 6) is -0.969. The first-order valence-corrected chi connectivity index (χ1v) is 7.17. The maximum Gasteiger partial charge on any atom is 0.305 e. The third-order valence-electron chi connectivity index (χ3n) is 2.50. The minimum atomic E-state index is -3.68. The first-order valence-electron chi connectivity index (χ1n) is 5.69. The lowest BCUT2D eigenvalue weighted by molar-refractivity contribution is -0.137. The summed E-state index contributed by atoms with van der Waals surface area (Å²) in [6.07, 6.45) is 5.45. The number of carboxylic acid groups (broad SMARTS) is 1. The Balaban J connectivity index is 2.00. The maximum absolute atomic E-state index is 12.0. The van der Waals surface area contributed by atoms with E-state index in [2.05, 4.69) is 20.0 Å². The molecule has 0 aliphatic carbocycles. The van der Waals surface area contributed by atoms with Crippen molar-refractivity contribution in [3.05, 3.63) is 30.4 Å². The Morgan fingerprint density at radius 3 is 2.90 bits per heavy atom. The Labute approximate surface area is 114 Å². The van der Waals surface area contributed by atoms with Crippen LogP contribution in [0.1, 0.15) is 12.0 Å². The molecule has 20 heavy (non-hydrogen) atoms. The van der Waals surface area contributed by atoms with E-state index in [1.807, 2.05) is 0 Å². The summed E-state index contributed by atoms with van der Waals surface area (Å²) in [5, 5.41) is 18.7. The van der Waals surface area contributed by atoms with E-state index in [-0.39, 0.29) is 24.4 Å². The molecule has 0 spiro atoms. The van der Waals surface area contributed by atoms with Crippen molar-refractivity contribution < 1.29 is 18.3 Å². The highest BCUT2D eigenvalue weighted by Crippen LogP contribution is 2.08. The second-order valence-electron chi connectivity index (χ2n) is 4.01. The topological polar surface area (TPSA) is 130 Å². The van der Waals surface area contributed by atoms with Crippen LogP contribution in [0.5, 0.6) is 0 Å². The number of rotatable bonds is 7. The van der Waals surface area contributed by atoms with Crippen LogP contribution in [0.4, 0.5) is 0 Å². The van der Waals surface area contributed by atoms with Crippen LogP contribution in [-0.2, 0) is 27.9 Å². The van der Waals surface area contributed by atoms with E-state index in [1.54, 1.807) is 6.20 Å². The molecule has 0 aliphatic heterocycles. The molecule has 0 saturated carbocycles. The van der Waals surface area contributed by atoms with Gasteiger partial charge in [-0.15, -0.1) is 0 Å². The van der Waals surface area contributed by atoms with E-state index in [9.17, 15) is 13.2 Å². The molecule has 108 valence electrons. The van der Waals surface area contributed by atoms with Crippen molar-refractivity contribution in [2.75, 3.05) is 0 Å². The third-order valence-corrected chi connectivity index (χ3v) is 3.85. The molecular weight excluding hydrogens is 286 g/mol. The van der Waals surface area contributed by atoms with Gasteiger partial charge in [0.2, 0.25) is 10.0 Å². The first-order chi connectivity index (χ1) is 9.47. The minimum Gasteiger partial charge on any atom is -0.481 e. The largest absolute Gasteiger partial charge is 0.481 e. The number of aromatic nitrogens is 4. The van der Waals surface area contributed by atoms with Crippen LogP contribution >= 0.6 is 0 Å². The highest BCUT2D eigenvalue weighted by molar-refractivity contribution is 7.89. The monoisotopic (exact) mass is 299 g/mol. The molecule has 0 amide bonds. The van der Waals surface area contributed by atoms with Crippen LogP contribution in [0.3, 0.4) is 0 Å². The Hall–Kier alpha value is -2.20. The van der Waals surface area contributed by atoms with Gasteiger partial charge in [0.1, 0.15) is 4.90 Å². The molecular formula is C10H13N5O4S. The lowest BCUT2D eigenvalue weighted by Gasteiger charge is -2.02. The average Bonchev–Trinajstić information content (AvgIpc) is 3.05. The number of H-pyrrole nitrogens is 1. The molecule has 0 fully saturated rings. The molecule has 2 rings (SSSR count). The molecule has 0 radical (unpaired) electrons. The van der Waals surface area contributed by atoms with Crippen LogP contribution < -0.4 is 4.72 Å². The van der Waals surface area contributed by atoms with Gasteiger partial charge in [-0.05, 0) is 0 Å². The number of hydrogen-bond acceptors (Lipinski definition) is 5. The van der Waals surface area contributed by atoms with Crippen LogP contribution in [0, 0.1) is 0 Å². The Morgan fingerprint density at radius 2 is 2.25 bits per heavy atom. The van der Waals surface area contributed by atoms with Gasteiger partial charge in [0.15, 0.2) is 0 Å². The van der Waals surface area contributed by atoms with Gasteiger partial charge in [-0.25, -0.2) is 13.1 Å². The van der Waals surface area contributed by atoms with Gasteiger partial charge in [-0.3, -0.25) is 14.6 Å².